The Hall–Kier alpha value is -2.46. The zero-order valence-electron chi connectivity index (χ0n) is 15.0. The van der Waals surface area contributed by atoms with Crippen molar-refractivity contribution >= 4 is 29.0 Å². The highest BCUT2D eigenvalue weighted by Gasteiger charge is 2.40. The standard InChI is InChI=1S/C22H19ClFNO2/c1-13-5-2-3-6-15(13)16-12-21(27)25(14-9-10-18(24)17(23)11-14)19-7-4-8-20(26)22(16)19/h2-3,5-6,9-11,16H,4,7-8,12H2,1H3. The van der Waals surface area contributed by atoms with E-state index in [-0.39, 0.29) is 29.1 Å². The molecule has 27 heavy (non-hydrogen) atoms. The van der Waals surface area contributed by atoms with Crippen molar-refractivity contribution in [3.63, 3.8) is 0 Å². The number of ketones is 1. The average molecular weight is 384 g/mol. The quantitative estimate of drug-likeness (QED) is 0.704. The maximum atomic E-state index is 13.6. The highest BCUT2D eigenvalue weighted by atomic mass is 35.5. The minimum Gasteiger partial charge on any atom is -0.294 e. The number of hydrogen-bond acceptors (Lipinski definition) is 2. The van der Waals surface area contributed by atoms with Crippen molar-refractivity contribution in [2.45, 2.75) is 38.5 Å². The summed E-state index contributed by atoms with van der Waals surface area (Å²) in [6.07, 6.45) is 2.05. The number of hydrogen-bond donors (Lipinski definition) is 0. The van der Waals surface area contributed by atoms with Gasteiger partial charge in [0.25, 0.3) is 0 Å². The summed E-state index contributed by atoms with van der Waals surface area (Å²) in [6, 6.07) is 12.1. The van der Waals surface area contributed by atoms with E-state index in [9.17, 15) is 14.0 Å². The summed E-state index contributed by atoms with van der Waals surface area (Å²) in [5.74, 6) is -0.764. The molecule has 4 rings (SSSR count). The van der Waals surface area contributed by atoms with Crippen LogP contribution in [0.25, 0.3) is 0 Å². The maximum absolute atomic E-state index is 13.6. The van der Waals surface area contributed by atoms with Gasteiger partial charge in [0.15, 0.2) is 5.78 Å². The van der Waals surface area contributed by atoms with Gasteiger partial charge >= 0.3 is 0 Å². The number of Topliss-reactive ketones (excluding diaryl/α,β-unsaturated/α-hetero) is 1. The first-order valence-corrected chi connectivity index (χ1v) is 9.45. The fourth-order valence-electron chi connectivity index (χ4n) is 4.16. The Bertz CT molecular complexity index is 982. The predicted octanol–water partition coefficient (Wildman–Crippen LogP) is 5.32. The molecule has 2 aromatic rings. The van der Waals surface area contributed by atoms with Gasteiger partial charge in [-0.15, -0.1) is 0 Å². The number of halogens is 2. The molecule has 1 atom stereocenters. The number of nitrogens with zero attached hydrogens (tertiary/aromatic N) is 1. The zero-order chi connectivity index (χ0) is 19.1. The third-order valence-corrected chi connectivity index (χ3v) is 5.69. The van der Waals surface area contributed by atoms with Crippen LogP contribution in [0.5, 0.6) is 0 Å². The van der Waals surface area contributed by atoms with E-state index >= 15 is 0 Å². The molecule has 0 aromatic heterocycles. The molecule has 1 unspecified atom stereocenters. The first kappa shape index (κ1) is 17.9. The summed E-state index contributed by atoms with van der Waals surface area (Å²) in [5.41, 5.74) is 4.05. The molecule has 2 aliphatic rings. The molecular formula is C22H19ClFNO2. The van der Waals surface area contributed by atoms with Crippen LogP contribution in [0.3, 0.4) is 0 Å². The van der Waals surface area contributed by atoms with Crippen molar-refractivity contribution in [2.75, 3.05) is 4.90 Å². The minimum absolute atomic E-state index is 0.0365. The van der Waals surface area contributed by atoms with Gasteiger partial charge in [-0.3, -0.25) is 14.5 Å². The molecule has 0 saturated carbocycles. The van der Waals surface area contributed by atoms with Crippen LogP contribution in [0.15, 0.2) is 53.7 Å². The number of amides is 1. The summed E-state index contributed by atoms with van der Waals surface area (Å²) in [4.78, 5) is 27.5. The van der Waals surface area contributed by atoms with E-state index in [2.05, 4.69) is 0 Å². The third-order valence-electron chi connectivity index (χ3n) is 5.40. The SMILES string of the molecule is Cc1ccccc1C1CC(=O)N(c2ccc(F)c(Cl)c2)C2=C1C(=O)CCC2. The molecule has 1 aliphatic carbocycles. The first-order valence-electron chi connectivity index (χ1n) is 9.07. The Morgan fingerprint density at radius 3 is 2.63 bits per heavy atom. The monoisotopic (exact) mass is 383 g/mol. The van der Waals surface area contributed by atoms with E-state index in [1.807, 2.05) is 31.2 Å². The van der Waals surface area contributed by atoms with Gasteiger partial charge in [0, 0.05) is 30.0 Å². The van der Waals surface area contributed by atoms with Crippen molar-refractivity contribution in [3.8, 4) is 0 Å². The predicted molar refractivity (Wildman–Crippen MR) is 103 cm³/mol. The van der Waals surface area contributed by atoms with E-state index in [1.165, 1.54) is 18.2 Å². The summed E-state index contributed by atoms with van der Waals surface area (Å²) < 4.78 is 13.6. The Balaban J connectivity index is 1.88. The number of anilines is 1. The van der Waals surface area contributed by atoms with Crippen molar-refractivity contribution in [1.82, 2.24) is 0 Å². The molecule has 1 aliphatic heterocycles. The van der Waals surface area contributed by atoms with Crippen LogP contribution in [-0.2, 0) is 9.59 Å². The number of rotatable bonds is 2. The van der Waals surface area contributed by atoms with Crippen LogP contribution in [0, 0.1) is 12.7 Å². The number of allylic oxidation sites excluding steroid dienone is 2. The van der Waals surface area contributed by atoms with Crippen LogP contribution in [0.4, 0.5) is 10.1 Å². The molecule has 0 bridgehead atoms. The lowest BCUT2D eigenvalue weighted by Gasteiger charge is -2.38. The Morgan fingerprint density at radius 1 is 1.11 bits per heavy atom. The minimum atomic E-state index is -0.531. The van der Waals surface area contributed by atoms with Gasteiger partial charge < -0.3 is 0 Å². The topological polar surface area (TPSA) is 37.4 Å². The van der Waals surface area contributed by atoms with Gasteiger partial charge in [0.2, 0.25) is 5.91 Å². The second-order valence-electron chi connectivity index (χ2n) is 7.08. The second-order valence-corrected chi connectivity index (χ2v) is 7.49. The molecule has 5 heteroatoms. The molecule has 0 fully saturated rings. The van der Waals surface area contributed by atoms with E-state index in [0.29, 0.717) is 24.9 Å². The van der Waals surface area contributed by atoms with Crippen molar-refractivity contribution < 1.29 is 14.0 Å². The molecule has 0 spiro atoms. The van der Waals surface area contributed by atoms with Crippen LogP contribution in [0.2, 0.25) is 5.02 Å². The van der Waals surface area contributed by atoms with Crippen LogP contribution >= 0.6 is 11.6 Å². The van der Waals surface area contributed by atoms with Crippen LogP contribution < -0.4 is 4.90 Å². The van der Waals surface area contributed by atoms with Crippen molar-refractivity contribution in [2.24, 2.45) is 0 Å². The molecule has 2 aromatic carbocycles. The van der Waals surface area contributed by atoms with E-state index < -0.39 is 5.82 Å². The number of aryl methyl sites for hydroxylation is 1. The largest absolute Gasteiger partial charge is 0.294 e. The van der Waals surface area contributed by atoms with E-state index in [1.54, 1.807) is 4.90 Å². The van der Waals surface area contributed by atoms with Gasteiger partial charge in [0.1, 0.15) is 5.82 Å². The molecule has 0 radical (unpaired) electrons. The Morgan fingerprint density at radius 2 is 1.89 bits per heavy atom. The molecule has 0 saturated heterocycles. The number of benzene rings is 2. The fourth-order valence-corrected chi connectivity index (χ4v) is 4.33. The smallest absolute Gasteiger partial charge is 0.232 e. The van der Waals surface area contributed by atoms with Gasteiger partial charge in [-0.2, -0.15) is 0 Å². The number of carbonyl (C=O) groups excluding carboxylic acids is 2. The summed E-state index contributed by atoms with van der Waals surface area (Å²) >= 11 is 5.93. The molecule has 138 valence electrons. The van der Waals surface area contributed by atoms with Gasteiger partial charge in [-0.05, 0) is 49.1 Å². The summed E-state index contributed by atoms with van der Waals surface area (Å²) in [7, 11) is 0. The third kappa shape index (κ3) is 3.08. The highest BCUT2D eigenvalue weighted by molar-refractivity contribution is 6.31. The maximum Gasteiger partial charge on any atom is 0.232 e. The van der Waals surface area contributed by atoms with Gasteiger partial charge in [-0.1, -0.05) is 35.9 Å². The summed E-state index contributed by atoms with van der Waals surface area (Å²) in [5, 5.41) is -0.0365. The summed E-state index contributed by atoms with van der Waals surface area (Å²) in [6.45, 7) is 2.00. The molecule has 1 amide bonds. The van der Waals surface area contributed by atoms with Crippen LogP contribution in [-0.4, -0.2) is 11.7 Å². The normalized spacial score (nSPS) is 20.1. The lowest BCUT2D eigenvalue weighted by Crippen LogP contribution is -2.40. The number of carbonyl (C=O) groups is 2. The zero-order valence-corrected chi connectivity index (χ0v) is 15.7. The average Bonchev–Trinajstić information content (AvgIpc) is 2.64. The van der Waals surface area contributed by atoms with Crippen LogP contribution in [0.1, 0.15) is 42.7 Å². The molecule has 0 N–H and O–H groups in total. The van der Waals surface area contributed by atoms with Gasteiger partial charge in [-0.25, -0.2) is 4.39 Å². The first-order chi connectivity index (χ1) is 13.0. The molecule has 1 heterocycles. The molecular weight excluding hydrogens is 365 g/mol. The lowest BCUT2D eigenvalue weighted by atomic mass is 9.76. The fraction of sp³-hybridized carbons (Fsp3) is 0.273. The van der Waals surface area contributed by atoms with E-state index in [4.69, 9.17) is 11.6 Å². The van der Waals surface area contributed by atoms with Crippen molar-refractivity contribution in [1.29, 1.82) is 0 Å². The lowest BCUT2D eigenvalue weighted by molar-refractivity contribution is -0.119. The molecule has 3 nitrogen and oxygen atoms in total. The Labute approximate surface area is 162 Å². The van der Waals surface area contributed by atoms with E-state index in [0.717, 1.165) is 22.4 Å². The van der Waals surface area contributed by atoms with Crippen molar-refractivity contribution in [3.05, 3.63) is 75.7 Å². The Kier molecular flexibility index (Phi) is 4.60. The van der Waals surface area contributed by atoms with Gasteiger partial charge in [0.05, 0.1) is 10.7 Å². The second kappa shape index (κ2) is 6.93. The highest BCUT2D eigenvalue weighted by Crippen LogP contribution is 2.44.